The molecule has 3 heterocycles. The number of nitrogens with zero attached hydrogens (tertiary/aromatic N) is 3. The zero-order valence-corrected chi connectivity index (χ0v) is 15.1. The number of thioether (sulfide) groups is 1. The number of H-pyrrole nitrogens is 1. The van der Waals surface area contributed by atoms with Crippen LogP contribution in [-0.4, -0.2) is 30.5 Å². The summed E-state index contributed by atoms with van der Waals surface area (Å²) >= 11 is 2.79. The number of aromatic amines is 1. The van der Waals surface area contributed by atoms with Crippen LogP contribution in [0.4, 0.5) is 0 Å². The summed E-state index contributed by atoms with van der Waals surface area (Å²) < 4.78 is 2.01. The third-order valence-electron chi connectivity index (χ3n) is 3.39. The van der Waals surface area contributed by atoms with E-state index in [1.807, 2.05) is 22.9 Å². The number of nitrogens with one attached hydrogen (secondary N) is 2. The lowest BCUT2D eigenvalue weighted by atomic mass is 10.4. The summed E-state index contributed by atoms with van der Waals surface area (Å²) in [5.41, 5.74) is 2.35. The third kappa shape index (κ3) is 3.68. The predicted molar refractivity (Wildman–Crippen MR) is 94.6 cm³/mol. The quantitative estimate of drug-likeness (QED) is 0.533. The van der Waals surface area contributed by atoms with E-state index in [9.17, 15) is 9.59 Å². The van der Waals surface area contributed by atoms with Crippen molar-refractivity contribution in [3.8, 4) is 0 Å². The number of rotatable bonds is 5. The van der Waals surface area contributed by atoms with Crippen molar-refractivity contribution in [2.24, 2.45) is 0 Å². The zero-order chi connectivity index (χ0) is 17.3. The smallest absolute Gasteiger partial charge is 0.251 e. The van der Waals surface area contributed by atoms with Gasteiger partial charge in [0, 0.05) is 29.0 Å². The van der Waals surface area contributed by atoms with Crippen LogP contribution in [0.25, 0.3) is 4.96 Å². The summed E-state index contributed by atoms with van der Waals surface area (Å²) in [7, 11) is 0. The monoisotopic (exact) mass is 363 g/mol. The molecule has 0 aromatic carbocycles. The molecule has 0 radical (unpaired) electrons. The number of amides is 1. The van der Waals surface area contributed by atoms with Gasteiger partial charge in [0.15, 0.2) is 10.1 Å². The molecule has 3 aromatic rings. The topological polar surface area (TPSA) is 92.2 Å². The van der Waals surface area contributed by atoms with E-state index in [1.54, 1.807) is 25.2 Å². The number of aromatic nitrogens is 4. The molecule has 0 saturated heterocycles. The van der Waals surface area contributed by atoms with Gasteiger partial charge in [-0.2, -0.15) is 0 Å². The highest BCUT2D eigenvalue weighted by Gasteiger charge is 2.16. The normalized spacial score (nSPS) is 12.5. The van der Waals surface area contributed by atoms with Crippen molar-refractivity contribution >= 4 is 34.0 Å². The van der Waals surface area contributed by atoms with Gasteiger partial charge in [-0.15, -0.1) is 11.3 Å². The summed E-state index contributed by atoms with van der Waals surface area (Å²) in [6, 6.07) is 1.42. The standard InChI is InChI=1S/C15H17N5O2S2/c1-8-4-12(21)19-14(17-8)24-10(3)13(22)16-5-11-6-20-9(2)7-23-15(20)18-11/h4,6-7,10H,5H2,1-3H3,(H,16,22)(H,17,19,21). The number of hydrogen-bond donors (Lipinski definition) is 2. The summed E-state index contributed by atoms with van der Waals surface area (Å²) in [5, 5.41) is 4.98. The zero-order valence-electron chi connectivity index (χ0n) is 13.5. The average molecular weight is 363 g/mol. The molecule has 1 unspecified atom stereocenters. The van der Waals surface area contributed by atoms with E-state index >= 15 is 0 Å². The Morgan fingerprint density at radius 2 is 2.25 bits per heavy atom. The van der Waals surface area contributed by atoms with E-state index in [0.29, 0.717) is 17.4 Å². The number of fused-ring (bicyclic) bond motifs is 1. The van der Waals surface area contributed by atoms with Crippen LogP contribution in [0, 0.1) is 13.8 Å². The highest BCUT2D eigenvalue weighted by atomic mass is 32.2. The lowest BCUT2D eigenvalue weighted by molar-refractivity contribution is -0.120. The summed E-state index contributed by atoms with van der Waals surface area (Å²) in [4.78, 5) is 35.9. The molecule has 3 rings (SSSR count). The number of aryl methyl sites for hydroxylation is 2. The fourth-order valence-corrected chi connectivity index (χ4v) is 3.93. The van der Waals surface area contributed by atoms with Crippen molar-refractivity contribution in [3.05, 3.63) is 45.1 Å². The van der Waals surface area contributed by atoms with Gasteiger partial charge in [-0.1, -0.05) is 11.8 Å². The molecule has 9 heteroatoms. The van der Waals surface area contributed by atoms with E-state index in [0.717, 1.165) is 16.3 Å². The molecule has 24 heavy (non-hydrogen) atoms. The Balaban J connectivity index is 1.60. The number of thiazole rings is 1. The molecule has 1 amide bonds. The highest BCUT2D eigenvalue weighted by molar-refractivity contribution is 8.00. The predicted octanol–water partition coefficient (Wildman–Crippen LogP) is 1.89. The van der Waals surface area contributed by atoms with Crippen molar-refractivity contribution < 1.29 is 4.79 Å². The maximum atomic E-state index is 12.2. The van der Waals surface area contributed by atoms with Gasteiger partial charge in [0.1, 0.15) is 0 Å². The van der Waals surface area contributed by atoms with Gasteiger partial charge in [-0.3, -0.25) is 14.0 Å². The van der Waals surface area contributed by atoms with Crippen LogP contribution in [0.15, 0.2) is 27.6 Å². The summed E-state index contributed by atoms with van der Waals surface area (Å²) in [6.07, 6.45) is 1.93. The minimum absolute atomic E-state index is 0.128. The Kier molecular flexibility index (Phi) is 4.72. The van der Waals surface area contributed by atoms with Crippen molar-refractivity contribution in [1.82, 2.24) is 24.7 Å². The van der Waals surface area contributed by atoms with Crippen LogP contribution in [0.3, 0.4) is 0 Å². The highest BCUT2D eigenvalue weighted by Crippen LogP contribution is 2.19. The summed E-state index contributed by atoms with van der Waals surface area (Å²) in [6.45, 7) is 5.91. The molecule has 0 fully saturated rings. The van der Waals surface area contributed by atoms with E-state index < -0.39 is 0 Å². The molecular formula is C15H17N5O2S2. The minimum Gasteiger partial charge on any atom is -0.349 e. The van der Waals surface area contributed by atoms with E-state index in [1.165, 1.54) is 17.8 Å². The number of hydrogen-bond acceptors (Lipinski definition) is 6. The molecule has 126 valence electrons. The molecule has 0 aliphatic heterocycles. The Morgan fingerprint density at radius 1 is 1.46 bits per heavy atom. The molecule has 0 aliphatic carbocycles. The molecule has 2 N–H and O–H groups in total. The van der Waals surface area contributed by atoms with Gasteiger partial charge in [-0.25, -0.2) is 9.97 Å². The van der Waals surface area contributed by atoms with Crippen LogP contribution in [0.1, 0.15) is 24.0 Å². The minimum atomic E-state index is -0.375. The molecule has 7 nitrogen and oxygen atoms in total. The number of imidazole rings is 1. The summed E-state index contributed by atoms with van der Waals surface area (Å²) in [5.74, 6) is -0.128. The van der Waals surface area contributed by atoms with Crippen molar-refractivity contribution in [2.45, 2.75) is 37.7 Å². The fourth-order valence-electron chi connectivity index (χ4n) is 2.18. The first-order valence-corrected chi connectivity index (χ1v) is 9.12. The Bertz CT molecular complexity index is 943. The molecular weight excluding hydrogens is 346 g/mol. The Hall–Kier alpha value is -2.13. The van der Waals surface area contributed by atoms with Gasteiger partial charge in [0.05, 0.1) is 17.5 Å². The molecule has 0 saturated carbocycles. The van der Waals surface area contributed by atoms with Gasteiger partial charge in [0.25, 0.3) is 5.56 Å². The van der Waals surface area contributed by atoms with E-state index in [4.69, 9.17) is 0 Å². The Labute approximate surface area is 146 Å². The third-order valence-corrected chi connectivity index (χ3v) is 5.33. The molecule has 0 aliphatic rings. The second kappa shape index (κ2) is 6.78. The maximum absolute atomic E-state index is 12.2. The first-order valence-electron chi connectivity index (χ1n) is 7.37. The fraction of sp³-hybridized carbons (Fsp3) is 0.333. The van der Waals surface area contributed by atoms with Crippen LogP contribution >= 0.6 is 23.1 Å². The second-order valence-corrected chi connectivity index (χ2v) is 7.60. The SMILES string of the molecule is Cc1cc(=O)[nH]c(SC(C)C(=O)NCc2cn3c(C)csc3n2)n1. The molecule has 0 bridgehead atoms. The molecule has 1 atom stereocenters. The van der Waals surface area contributed by atoms with Gasteiger partial charge >= 0.3 is 0 Å². The van der Waals surface area contributed by atoms with Gasteiger partial charge < -0.3 is 10.3 Å². The molecule has 0 spiro atoms. The van der Waals surface area contributed by atoms with Crippen molar-refractivity contribution in [2.75, 3.05) is 0 Å². The maximum Gasteiger partial charge on any atom is 0.251 e. The number of carbonyl (C=O) groups is 1. The largest absolute Gasteiger partial charge is 0.349 e. The van der Waals surface area contributed by atoms with Gasteiger partial charge in [-0.05, 0) is 20.8 Å². The van der Waals surface area contributed by atoms with Gasteiger partial charge in [0.2, 0.25) is 5.91 Å². The van der Waals surface area contributed by atoms with E-state index in [-0.39, 0.29) is 16.7 Å². The van der Waals surface area contributed by atoms with E-state index in [2.05, 4.69) is 20.3 Å². The van der Waals surface area contributed by atoms with Crippen molar-refractivity contribution in [3.63, 3.8) is 0 Å². The van der Waals surface area contributed by atoms with Crippen LogP contribution in [0.2, 0.25) is 0 Å². The van der Waals surface area contributed by atoms with Crippen LogP contribution in [-0.2, 0) is 11.3 Å². The first-order chi connectivity index (χ1) is 11.4. The van der Waals surface area contributed by atoms with Crippen LogP contribution in [0.5, 0.6) is 0 Å². The Morgan fingerprint density at radius 3 is 2.96 bits per heavy atom. The lowest BCUT2D eigenvalue weighted by Crippen LogP contribution is -2.30. The average Bonchev–Trinajstić information content (AvgIpc) is 3.06. The van der Waals surface area contributed by atoms with Crippen molar-refractivity contribution in [1.29, 1.82) is 0 Å². The van der Waals surface area contributed by atoms with Crippen LogP contribution < -0.4 is 10.9 Å². The second-order valence-electron chi connectivity index (χ2n) is 5.43. The number of carbonyl (C=O) groups excluding carboxylic acids is 1. The lowest BCUT2D eigenvalue weighted by Gasteiger charge is -2.10. The molecule has 3 aromatic heterocycles. The first kappa shape index (κ1) is 16.7.